The molecule has 0 saturated heterocycles. The standard InChI is InChI=1S/C20H24N2O4S/c1-16(23)18-8-10-19(11-9-18)22(27(2,25)26)15-13-20(24)21-14-12-17-6-4-3-5-7-17/h3-11H,12-15H2,1-2H3,(H,21,24). The van der Waals surface area contributed by atoms with Crippen molar-refractivity contribution in [2.24, 2.45) is 0 Å². The molecule has 0 aliphatic rings. The number of rotatable bonds is 9. The summed E-state index contributed by atoms with van der Waals surface area (Å²) in [4.78, 5) is 23.4. The second-order valence-electron chi connectivity index (χ2n) is 6.27. The fourth-order valence-electron chi connectivity index (χ4n) is 2.63. The first-order valence-electron chi connectivity index (χ1n) is 8.66. The minimum atomic E-state index is -3.54. The van der Waals surface area contributed by atoms with E-state index in [9.17, 15) is 18.0 Å². The highest BCUT2D eigenvalue weighted by molar-refractivity contribution is 7.92. The Bertz CT molecular complexity index is 878. The van der Waals surface area contributed by atoms with Gasteiger partial charge in [-0.05, 0) is 43.2 Å². The first-order valence-corrected chi connectivity index (χ1v) is 10.5. The molecule has 0 aromatic heterocycles. The second-order valence-corrected chi connectivity index (χ2v) is 8.18. The average molecular weight is 388 g/mol. The van der Waals surface area contributed by atoms with Crippen molar-refractivity contribution in [3.8, 4) is 0 Å². The van der Waals surface area contributed by atoms with E-state index >= 15 is 0 Å². The highest BCUT2D eigenvalue weighted by atomic mass is 32.2. The van der Waals surface area contributed by atoms with Crippen LogP contribution < -0.4 is 9.62 Å². The predicted octanol–water partition coefficient (Wildman–Crippen LogP) is 2.40. The van der Waals surface area contributed by atoms with E-state index in [0.29, 0.717) is 17.8 Å². The summed E-state index contributed by atoms with van der Waals surface area (Å²) in [6, 6.07) is 16.1. The van der Waals surface area contributed by atoms with Crippen LogP contribution in [-0.4, -0.2) is 39.5 Å². The normalized spacial score (nSPS) is 11.0. The molecule has 1 amide bonds. The Balaban J connectivity index is 1.92. The van der Waals surface area contributed by atoms with Crippen molar-refractivity contribution in [3.05, 3.63) is 65.7 Å². The number of ketones is 1. The van der Waals surface area contributed by atoms with E-state index < -0.39 is 10.0 Å². The third-order valence-electron chi connectivity index (χ3n) is 4.08. The van der Waals surface area contributed by atoms with Crippen LogP contribution in [0, 0.1) is 0 Å². The minimum absolute atomic E-state index is 0.0371. The molecule has 144 valence electrons. The fourth-order valence-corrected chi connectivity index (χ4v) is 3.56. The number of anilines is 1. The van der Waals surface area contributed by atoms with Gasteiger partial charge < -0.3 is 5.32 Å². The van der Waals surface area contributed by atoms with Gasteiger partial charge in [-0.25, -0.2) is 8.42 Å². The van der Waals surface area contributed by atoms with Crippen molar-refractivity contribution in [2.75, 3.05) is 23.7 Å². The zero-order valence-electron chi connectivity index (χ0n) is 15.5. The maximum atomic E-state index is 12.1. The third-order valence-corrected chi connectivity index (χ3v) is 5.28. The van der Waals surface area contributed by atoms with Gasteiger partial charge in [0.05, 0.1) is 11.9 Å². The van der Waals surface area contributed by atoms with Gasteiger partial charge in [0, 0.05) is 25.1 Å². The molecule has 0 unspecified atom stereocenters. The molecule has 27 heavy (non-hydrogen) atoms. The predicted molar refractivity (Wildman–Crippen MR) is 106 cm³/mol. The number of amides is 1. The molecule has 0 fully saturated rings. The van der Waals surface area contributed by atoms with E-state index in [1.165, 1.54) is 11.2 Å². The van der Waals surface area contributed by atoms with Crippen molar-refractivity contribution in [2.45, 2.75) is 19.8 Å². The number of hydrogen-bond acceptors (Lipinski definition) is 4. The number of carbonyl (C=O) groups excluding carboxylic acids is 2. The number of nitrogens with one attached hydrogen (secondary N) is 1. The molecule has 6 nitrogen and oxygen atoms in total. The van der Waals surface area contributed by atoms with Gasteiger partial charge in [0.15, 0.2) is 5.78 Å². The first kappa shape index (κ1) is 20.6. The lowest BCUT2D eigenvalue weighted by Crippen LogP contribution is -2.35. The lowest BCUT2D eigenvalue weighted by Gasteiger charge is -2.22. The molecule has 2 aromatic rings. The summed E-state index contributed by atoms with van der Waals surface area (Å²) >= 11 is 0. The number of carbonyl (C=O) groups is 2. The lowest BCUT2D eigenvalue weighted by molar-refractivity contribution is -0.120. The fraction of sp³-hybridized carbons (Fsp3) is 0.300. The minimum Gasteiger partial charge on any atom is -0.356 e. The van der Waals surface area contributed by atoms with Crippen LogP contribution in [0.4, 0.5) is 5.69 Å². The van der Waals surface area contributed by atoms with Gasteiger partial charge in [0.1, 0.15) is 0 Å². The van der Waals surface area contributed by atoms with E-state index in [4.69, 9.17) is 0 Å². The van der Waals surface area contributed by atoms with Crippen molar-refractivity contribution in [3.63, 3.8) is 0 Å². The Labute approximate surface area is 160 Å². The zero-order chi connectivity index (χ0) is 19.9. The summed E-state index contributed by atoms with van der Waals surface area (Å²) in [5, 5.41) is 2.81. The summed E-state index contributed by atoms with van der Waals surface area (Å²) in [5.74, 6) is -0.301. The van der Waals surface area contributed by atoms with E-state index in [2.05, 4.69) is 5.32 Å². The summed E-state index contributed by atoms with van der Waals surface area (Å²) in [6.07, 6.45) is 1.87. The Morgan fingerprint density at radius 1 is 1.00 bits per heavy atom. The number of Topliss-reactive ketones (excluding diaryl/α,β-unsaturated/α-hetero) is 1. The van der Waals surface area contributed by atoms with Crippen molar-refractivity contribution < 1.29 is 18.0 Å². The van der Waals surface area contributed by atoms with Crippen LogP contribution >= 0.6 is 0 Å². The molecule has 1 N–H and O–H groups in total. The molecule has 0 saturated carbocycles. The molecular formula is C20H24N2O4S. The van der Waals surface area contributed by atoms with Gasteiger partial charge in [-0.15, -0.1) is 0 Å². The zero-order valence-corrected chi connectivity index (χ0v) is 16.3. The highest BCUT2D eigenvalue weighted by Gasteiger charge is 2.18. The van der Waals surface area contributed by atoms with Crippen LogP contribution in [0.25, 0.3) is 0 Å². The molecule has 7 heteroatoms. The van der Waals surface area contributed by atoms with Gasteiger partial charge in [0.2, 0.25) is 15.9 Å². The maximum absolute atomic E-state index is 12.1. The molecule has 2 aromatic carbocycles. The van der Waals surface area contributed by atoms with Gasteiger partial charge in [-0.2, -0.15) is 0 Å². The first-order chi connectivity index (χ1) is 12.8. The van der Waals surface area contributed by atoms with Crippen LogP contribution in [0.5, 0.6) is 0 Å². The Morgan fingerprint density at radius 3 is 2.19 bits per heavy atom. The molecule has 0 bridgehead atoms. The topological polar surface area (TPSA) is 83.6 Å². The highest BCUT2D eigenvalue weighted by Crippen LogP contribution is 2.19. The molecule has 0 spiro atoms. The van der Waals surface area contributed by atoms with Crippen molar-refractivity contribution in [1.82, 2.24) is 5.32 Å². The second kappa shape index (κ2) is 9.32. The molecular weight excluding hydrogens is 364 g/mol. The molecule has 0 radical (unpaired) electrons. The lowest BCUT2D eigenvalue weighted by atomic mass is 10.1. The van der Waals surface area contributed by atoms with E-state index in [1.807, 2.05) is 30.3 Å². The van der Waals surface area contributed by atoms with Crippen molar-refractivity contribution >= 4 is 27.4 Å². The molecule has 0 aliphatic carbocycles. The van der Waals surface area contributed by atoms with Crippen LogP contribution in [0.3, 0.4) is 0 Å². The van der Waals surface area contributed by atoms with Crippen LogP contribution in [-0.2, 0) is 21.2 Å². The van der Waals surface area contributed by atoms with Gasteiger partial charge >= 0.3 is 0 Å². The van der Waals surface area contributed by atoms with E-state index in [0.717, 1.165) is 18.2 Å². The van der Waals surface area contributed by atoms with Crippen LogP contribution in [0.2, 0.25) is 0 Å². The molecule has 2 rings (SSSR count). The van der Waals surface area contributed by atoms with Gasteiger partial charge in [-0.1, -0.05) is 30.3 Å². The Hall–Kier alpha value is -2.67. The Kier molecular flexibility index (Phi) is 7.12. The summed E-state index contributed by atoms with van der Waals surface area (Å²) < 4.78 is 25.4. The summed E-state index contributed by atoms with van der Waals surface area (Å²) in [5.41, 5.74) is 2.06. The summed E-state index contributed by atoms with van der Waals surface area (Å²) in [7, 11) is -3.54. The average Bonchev–Trinajstić information content (AvgIpc) is 2.62. The van der Waals surface area contributed by atoms with E-state index in [-0.39, 0.29) is 24.7 Å². The monoisotopic (exact) mass is 388 g/mol. The molecule has 0 atom stereocenters. The number of nitrogens with zero attached hydrogens (tertiary/aromatic N) is 1. The van der Waals surface area contributed by atoms with E-state index in [1.54, 1.807) is 24.3 Å². The quantitative estimate of drug-likeness (QED) is 0.669. The summed E-state index contributed by atoms with van der Waals surface area (Å²) in [6.45, 7) is 1.98. The number of sulfonamides is 1. The molecule has 0 heterocycles. The van der Waals surface area contributed by atoms with Gasteiger partial charge in [0.25, 0.3) is 0 Å². The number of benzene rings is 2. The smallest absolute Gasteiger partial charge is 0.232 e. The maximum Gasteiger partial charge on any atom is 0.232 e. The Morgan fingerprint density at radius 2 is 1.63 bits per heavy atom. The SMILES string of the molecule is CC(=O)c1ccc(N(CCC(=O)NCCc2ccccc2)S(C)(=O)=O)cc1. The number of hydrogen-bond donors (Lipinski definition) is 1. The van der Waals surface area contributed by atoms with Gasteiger partial charge in [-0.3, -0.25) is 13.9 Å². The van der Waals surface area contributed by atoms with Crippen LogP contribution in [0.1, 0.15) is 29.3 Å². The van der Waals surface area contributed by atoms with Crippen molar-refractivity contribution in [1.29, 1.82) is 0 Å². The molecule has 0 aliphatic heterocycles. The largest absolute Gasteiger partial charge is 0.356 e. The van der Waals surface area contributed by atoms with Crippen LogP contribution in [0.15, 0.2) is 54.6 Å². The third kappa shape index (κ3) is 6.53.